The summed E-state index contributed by atoms with van der Waals surface area (Å²) in [7, 11) is 0. The molecule has 4 fully saturated rings. The average Bonchev–Trinajstić information content (AvgIpc) is 2.05. The molecule has 0 amide bonds. The molecule has 92 valence electrons. The van der Waals surface area contributed by atoms with Crippen molar-refractivity contribution in [2.24, 2.45) is 28.1 Å². The maximum absolute atomic E-state index is 2.62. The lowest BCUT2D eigenvalue weighted by molar-refractivity contribution is -0.179. The highest BCUT2D eigenvalue weighted by Gasteiger charge is 2.61. The van der Waals surface area contributed by atoms with E-state index in [9.17, 15) is 0 Å². The summed E-state index contributed by atoms with van der Waals surface area (Å²) in [6.45, 7) is 10.2. The largest absolute Gasteiger partial charge is 0.0654 e. The van der Waals surface area contributed by atoms with E-state index in [2.05, 4.69) is 27.7 Å². The van der Waals surface area contributed by atoms with Crippen molar-refractivity contribution >= 4 is 0 Å². The highest BCUT2D eigenvalue weighted by atomic mass is 14.7. The molecule has 0 nitrogen and oxygen atoms in total. The second-order valence-electron chi connectivity index (χ2n) is 8.37. The third kappa shape index (κ3) is 1.41. The van der Waals surface area contributed by atoms with Gasteiger partial charge in [-0.2, -0.15) is 0 Å². The quantitative estimate of drug-likeness (QED) is 0.612. The van der Waals surface area contributed by atoms with Gasteiger partial charge in [0.05, 0.1) is 0 Å². The van der Waals surface area contributed by atoms with Gasteiger partial charge in [0.1, 0.15) is 0 Å². The molecule has 0 saturated heterocycles. The van der Waals surface area contributed by atoms with E-state index >= 15 is 0 Å². The van der Waals surface area contributed by atoms with Crippen LogP contribution in [-0.4, -0.2) is 0 Å². The van der Waals surface area contributed by atoms with Gasteiger partial charge in [0, 0.05) is 0 Å². The molecule has 4 rings (SSSR count). The lowest BCUT2D eigenvalue weighted by atomic mass is 9.37. The molecular formula is C16H28. The van der Waals surface area contributed by atoms with E-state index in [1.807, 2.05) is 0 Å². The minimum atomic E-state index is 0.693. The van der Waals surface area contributed by atoms with Gasteiger partial charge >= 0.3 is 0 Å². The van der Waals surface area contributed by atoms with E-state index in [1.165, 1.54) is 32.1 Å². The summed E-state index contributed by atoms with van der Waals surface area (Å²) in [6.07, 6.45) is 10.5. The van der Waals surface area contributed by atoms with Gasteiger partial charge in [-0.05, 0) is 66.6 Å². The predicted molar refractivity (Wildman–Crippen MR) is 69.3 cm³/mol. The minimum Gasteiger partial charge on any atom is -0.0654 e. The molecular weight excluding hydrogens is 192 g/mol. The topological polar surface area (TPSA) is 0 Å². The highest BCUT2D eigenvalue weighted by Crippen LogP contribution is 2.71. The molecule has 0 heteroatoms. The SMILES string of the molecule is CCCC1C2CC3(C)CC(C)(C2)CC1(C)C3. The third-order valence-corrected chi connectivity index (χ3v) is 6.09. The second-order valence-corrected chi connectivity index (χ2v) is 8.37. The van der Waals surface area contributed by atoms with Crippen molar-refractivity contribution in [3.63, 3.8) is 0 Å². The maximum atomic E-state index is 2.62. The molecule has 3 unspecified atom stereocenters. The van der Waals surface area contributed by atoms with Crippen molar-refractivity contribution in [3.8, 4) is 0 Å². The first-order valence-corrected chi connectivity index (χ1v) is 7.38. The van der Waals surface area contributed by atoms with Crippen LogP contribution < -0.4 is 0 Å². The second kappa shape index (κ2) is 3.06. The van der Waals surface area contributed by atoms with Crippen LogP contribution in [0.3, 0.4) is 0 Å². The van der Waals surface area contributed by atoms with E-state index in [-0.39, 0.29) is 0 Å². The van der Waals surface area contributed by atoms with Gasteiger partial charge in [-0.25, -0.2) is 0 Å². The summed E-state index contributed by atoms with van der Waals surface area (Å²) >= 11 is 0. The van der Waals surface area contributed by atoms with Crippen molar-refractivity contribution in [1.82, 2.24) is 0 Å². The molecule has 4 aliphatic rings. The Labute approximate surface area is 101 Å². The van der Waals surface area contributed by atoms with Crippen LogP contribution in [0.5, 0.6) is 0 Å². The first-order valence-electron chi connectivity index (χ1n) is 7.38. The maximum Gasteiger partial charge on any atom is -0.0285 e. The lowest BCUT2D eigenvalue weighted by Gasteiger charge is -2.68. The number of hydrogen-bond donors (Lipinski definition) is 0. The van der Waals surface area contributed by atoms with Crippen LogP contribution >= 0.6 is 0 Å². The zero-order valence-electron chi connectivity index (χ0n) is 11.6. The first kappa shape index (κ1) is 11.1. The van der Waals surface area contributed by atoms with E-state index in [4.69, 9.17) is 0 Å². The Bertz CT molecular complexity index is 285. The van der Waals surface area contributed by atoms with Gasteiger partial charge in [-0.15, -0.1) is 0 Å². The highest BCUT2D eigenvalue weighted by molar-refractivity contribution is 5.12. The van der Waals surface area contributed by atoms with Crippen molar-refractivity contribution in [2.75, 3.05) is 0 Å². The van der Waals surface area contributed by atoms with Gasteiger partial charge in [-0.3, -0.25) is 0 Å². The summed E-state index contributed by atoms with van der Waals surface area (Å²) in [5.74, 6) is 2.12. The van der Waals surface area contributed by atoms with Gasteiger partial charge in [0.25, 0.3) is 0 Å². The standard InChI is InChI=1S/C16H28/c1-5-6-13-12-7-14(2)9-15(3,8-12)11-16(13,4)10-14/h12-13H,5-11H2,1-4H3. The Morgan fingerprint density at radius 3 is 1.94 bits per heavy atom. The van der Waals surface area contributed by atoms with Crippen molar-refractivity contribution < 1.29 is 0 Å². The average molecular weight is 220 g/mol. The van der Waals surface area contributed by atoms with Crippen LogP contribution in [0, 0.1) is 28.1 Å². The number of hydrogen-bond acceptors (Lipinski definition) is 0. The van der Waals surface area contributed by atoms with Crippen LogP contribution in [0.2, 0.25) is 0 Å². The fourth-order valence-corrected chi connectivity index (χ4v) is 6.81. The van der Waals surface area contributed by atoms with Gasteiger partial charge in [0.2, 0.25) is 0 Å². The van der Waals surface area contributed by atoms with Crippen molar-refractivity contribution in [1.29, 1.82) is 0 Å². The smallest absolute Gasteiger partial charge is 0.0285 e. The predicted octanol–water partition coefficient (Wildman–Crippen LogP) is 5.03. The summed E-state index contributed by atoms with van der Waals surface area (Å²) < 4.78 is 0. The molecule has 4 aliphatic carbocycles. The Hall–Kier alpha value is 0. The van der Waals surface area contributed by atoms with Crippen LogP contribution in [0.1, 0.15) is 72.6 Å². The van der Waals surface area contributed by atoms with Crippen LogP contribution in [0.4, 0.5) is 0 Å². The molecule has 0 aromatic rings. The molecule has 0 spiro atoms. The summed E-state index contributed by atoms with van der Waals surface area (Å²) in [4.78, 5) is 0. The summed E-state index contributed by atoms with van der Waals surface area (Å²) in [6, 6.07) is 0. The Kier molecular flexibility index (Phi) is 2.12. The first-order chi connectivity index (χ1) is 7.38. The zero-order chi connectivity index (χ0) is 11.6. The Morgan fingerprint density at radius 1 is 0.938 bits per heavy atom. The summed E-state index contributed by atoms with van der Waals surface area (Å²) in [5, 5.41) is 0. The van der Waals surface area contributed by atoms with Gasteiger partial charge < -0.3 is 0 Å². The monoisotopic (exact) mass is 220 g/mol. The van der Waals surface area contributed by atoms with E-state index in [0.29, 0.717) is 16.2 Å². The normalized spacial score (nSPS) is 59.2. The third-order valence-electron chi connectivity index (χ3n) is 6.09. The molecule has 4 bridgehead atoms. The molecule has 3 atom stereocenters. The molecule has 0 N–H and O–H groups in total. The van der Waals surface area contributed by atoms with Crippen LogP contribution in [0.15, 0.2) is 0 Å². The molecule has 0 heterocycles. The fourth-order valence-electron chi connectivity index (χ4n) is 6.81. The van der Waals surface area contributed by atoms with Crippen molar-refractivity contribution in [2.45, 2.75) is 72.6 Å². The lowest BCUT2D eigenvalue weighted by Crippen LogP contribution is -2.58. The molecule has 4 saturated carbocycles. The number of rotatable bonds is 2. The van der Waals surface area contributed by atoms with Crippen LogP contribution in [0.25, 0.3) is 0 Å². The van der Waals surface area contributed by atoms with E-state index in [1.54, 1.807) is 12.8 Å². The fraction of sp³-hybridized carbons (Fsp3) is 1.00. The zero-order valence-corrected chi connectivity index (χ0v) is 11.6. The van der Waals surface area contributed by atoms with Gasteiger partial charge in [0.15, 0.2) is 0 Å². The molecule has 0 aromatic carbocycles. The van der Waals surface area contributed by atoms with E-state index < -0.39 is 0 Å². The van der Waals surface area contributed by atoms with Crippen LogP contribution in [-0.2, 0) is 0 Å². The Morgan fingerprint density at radius 2 is 1.50 bits per heavy atom. The molecule has 0 radical (unpaired) electrons. The minimum absolute atomic E-state index is 0.693. The molecule has 0 aromatic heterocycles. The molecule has 0 aliphatic heterocycles. The van der Waals surface area contributed by atoms with Crippen molar-refractivity contribution in [3.05, 3.63) is 0 Å². The summed E-state index contributed by atoms with van der Waals surface area (Å²) in [5.41, 5.74) is 2.10. The molecule has 16 heavy (non-hydrogen) atoms. The van der Waals surface area contributed by atoms with E-state index in [0.717, 1.165) is 11.8 Å². The Balaban J connectivity index is 1.96. The van der Waals surface area contributed by atoms with Gasteiger partial charge in [-0.1, -0.05) is 34.1 Å².